The molecule has 1 amide bonds. The van der Waals surface area contributed by atoms with Crippen LogP contribution in [0.4, 0.5) is 17.1 Å². The zero-order valence-corrected chi connectivity index (χ0v) is 18.6. The molecule has 0 bridgehead atoms. The highest BCUT2D eigenvalue weighted by atomic mass is 16.6. The number of benzene rings is 3. The Morgan fingerprint density at radius 1 is 1.03 bits per heavy atom. The number of ether oxygens (including phenoxy) is 2. The number of rotatable bonds is 8. The minimum atomic E-state index is -0.582. The summed E-state index contributed by atoms with van der Waals surface area (Å²) in [5.74, 6) is 5.89. The average Bonchev–Trinajstić information content (AvgIpc) is 2.86. The van der Waals surface area contributed by atoms with Crippen molar-refractivity contribution in [3.63, 3.8) is 0 Å². The lowest BCUT2D eigenvalue weighted by molar-refractivity contribution is -0.383. The van der Waals surface area contributed by atoms with Crippen molar-refractivity contribution < 1.29 is 24.3 Å². The van der Waals surface area contributed by atoms with Crippen LogP contribution in [0.1, 0.15) is 21.5 Å². The van der Waals surface area contributed by atoms with Gasteiger partial charge in [0.1, 0.15) is 12.3 Å². The highest BCUT2D eigenvalue weighted by molar-refractivity contribution is 6.05. The first-order valence-electron chi connectivity index (χ1n) is 10.2. The van der Waals surface area contributed by atoms with Crippen LogP contribution in [0.3, 0.4) is 0 Å². The molecule has 0 radical (unpaired) electrons. The number of nitrogens with one attached hydrogen (secondary N) is 2. The van der Waals surface area contributed by atoms with Crippen molar-refractivity contribution in [2.75, 3.05) is 31.5 Å². The van der Waals surface area contributed by atoms with Crippen LogP contribution in [-0.2, 0) is 6.54 Å². The summed E-state index contributed by atoms with van der Waals surface area (Å²) in [6.45, 7) is 0.167. The number of hydrogen-bond acceptors (Lipinski definition) is 7. The van der Waals surface area contributed by atoms with E-state index < -0.39 is 10.8 Å². The van der Waals surface area contributed by atoms with E-state index in [0.29, 0.717) is 29.2 Å². The number of aliphatic hydroxyl groups excluding tert-OH is 1. The first-order chi connectivity index (χ1) is 16.4. The van der Waals surface area contributed by atoms with Gasteiger partial charge in [0.2, 0.25) is 0 Å². The van der Waals surface area contributed by atoms with E-state index >= 15 is 0 Å². The summed E-state index contributed by atoms with van der Waals surface area (Å²) in [5.41, 5.74) is 2.33. The Kier molecular flexibility index (Phi) is 8.05. The SMILES string of the molecule is COc1ccc(NCc2ccc(C(=O)Nc3cc(C#CCO)ccc3[N+](=O)[O-])cc2)cc1OC. The lowest BCUT2D eigenvalue weighted by atomic mass is 10.1. The zero-order valence-electron chi connectivity index (χ0n) is 18.6. The summed E-state index contributed by atoms with van der Waals surface area (Å²) in [4.78, 5) is 23.4. The molecule has 3 aromatic carbocycles. The van der Waals surface area contributed by atoms with Crippen molar-refractivity contribution in [1.82, 2.24) is 0 Å². The molecule has 0 saturated heterocycles. The predicted octanol–water partition coefficient (Wildman–Crippen LogP) is 3.82. The molecule has 0 heterocycles. The number of amides is 1. The molecule has 9 nitrogen and oxygen atoms in total. The summed E-state index contributed by atoms with van der Waals surface area (Å²) in [6, 6.07) is 16.5. The molecule has 9 heteroatoms. The topological polar surface area (TPSA) is 123 Å². The van der Waals surface area contributed by atoms with E-state index in [-0.39, 0.29) is 18.0 Å². The molecule has 0 fully saturated rings. The number of carbonyl (C=O) groups is 1. The van der Waals surface area contributed by atoms with Crippen LogP contribution in [0.5, 0.6) is 11.5 Å². The highest BCUT2D eigenvalue weighted by Crippen LogP contribution is 2.30. The number of anilines is 2. The molecule has 3 rings (SSSR count). The van der Waals surface area contributed by atoms with Crippen LogP contribution < -0.4 is 20.1 Å². The smallest absolute Gasteiger partial charge is 0.292 e. The Hall–Kier alpha value is -4.55. The van der Waals surface area contributed by atoms with E-state index in [1.807, 2.05) is 12.1 Å². The molecular weight excluding hydrogens is 438 g/mol. The third-order valence-electron chi connectivity index (χ3n) is 4.85. The van der Waals surface area contributed by atoms with Crippen LogP contribution in [0, 0.1) is 22.0 Å². The van der Waals surface area contributed by atoms with Crippen molar-refractivity contribution in [2.45, 2.75) is 6.54 Å². The molecule has 0 aliphatic heterocycles. The molecule has 0 spiro atoms. The Bertz CT molecular complexity index is 1250. The first kappa shape index (κ1) is 24.1. The summed E-state index contributed by atoms with van der Waals surface area (Å²) in [5, 5.41) is 26.0. The van der Waals surface area contributed by atoms with E-state index in [1.54, 1.807) is 44.6 Å². The lowest BCUT2D eigenvalue weighted by Gasteiger charge is -2.12. The number of aliphatic hydroxyl groups is 1. The fourth-order valence-corrected chi connectivity index (χ4v) is 3.13. The van der Waals surface area contributed by atoms with Gasteiger partial charge in [0.05, 0.1) is 19.1 Å². The Morgan fingerprint density at radius 3 is 2.41 bits per heavy atom. The van der Waals surface area contributed by atoms with E-state index in [9.17, 15) is 14.9 Å². The maximum Gasteiger partial charge on any atom is 0.292 e. The highest BCUT2D eigenvalue weighted by Gasteiger charge is 2.17. The Labute approximate surface area is 196 Å². The average molecular weight is 461 g/mol. The third kappa shape index (κ3) is 6.03. The van der Waals surface area contributed by atoms with E-state index in [0.717, 1.165) is 11.3 Å². The first-order valence-corrected chi connectivity index (χ1v) is 10.2. The summed E-state index contributed by atoms with van der Waals surface area (Å²) < 4.78 is 10.5. The number of nitro benzene ring substituents is 1. The van der Waals surface area contributed by atoms with Gasteiger partial charge in [-0.25, -0.2) is 0 Å². The monoisotopic (exact) mass is 461 g/mol. The number of nitro groups is 1. The van der Waals surface area contributed by atoms with Gasteiger partial charge in [0, 0.05) is 35.5 Å². The molecule has 3 aromatic rings. The second-order valence-electron chi connectivity index (χ2n) is 7.02. The van der Waals surface area contributed by atoms with Gasteiger partial charge in [-0.2, -0.15) is 0 Å². The van der Waals surface area contributed by atoms with Crippen molar-refractivity contribution in [1.29, 1.82) is 0 Å². The quantitative estimate of drug-likeness (QED) is 0.265. The molecule has 0 aliphatic carbocycles. The number of hydrogen-bond donors (Lipinski definition) is 3. The van der Waals surface area contributed by atoms with Crippen LogP contribution in [0.2, 0.25) is 0 Å². The van der Waals surface area contributed by atoms with Crippen molar-refractivity contribution >= 4 is 23.0 Å². The fourth-order valence-electron chi connectivity index (χ4n) is 3.13. The standard InChI is InChI=1S/C25H23N3O6/c1-33-23-12-10-20(15-24(23)34-2)26-16-18-5-8-19(9-6-18)25(30)27-21-14-17(4-3-13-29)7-11-22(21)28(31)32/h5-12,14-15,26,29H,13,16H2,1-2H3,(H,27,30). The van der Waals surface area contributed by atoms with Gasteiger partial charge in [-0.3, -0.25) is 14.9 Å². The molecule has 3 N–H and O–H groups in total. The second-order valence-corrected chi connectivity index (χ2v) is 7.02. The van der Waals surface area contributed by atoms with Crippen LogP contribution >= 0.6 is 0 Å². The van der Waals surface area contributed by atoms with E-state index in [2.05, 4.69) is 22.5 Å². The van der Waals surface area contributed by atoms with Gasteiger partial charge in [-0.15, -0.1) is 0 Å². The van der Waals surface area contributed by atoms with Gasteiger partial charge in [-0.1, -0.05) is 24.0 Å². The van der Waals surface area contributed by atoms with Crippen LogP contribution in [0.15, 0.2) is 60.7 Å². The summed E-state index contributed by atoms with van der Waals surface area (Å²) >= 11 is 0. The number of carbonyl (C=O) groups excluding carboxylic acids is 1. The third-order valence-corrected chi connectivity index (χ3v) is 4.85. The van der Waals surface area contributed by atoms with Crippen molar-refractivity contribution in [3.05, 3.63) is 87.5 Å². The van der Waals surface area contributed by atoms with E-state index in [1.165, 1.54) is 18.2 Å². The number of nitrogens with zero attached hydrogens (tertiary/aromatic N) is 1. The molecule has 0 aliphatic rings. The molecule has 0 aromatic heterocycles. The number of methoxy groups -OCH3 is 2. The van der Waals surface area contributed by atoms with E-state index in [4.69, 9.17) is 14.6 Å². The summed E-state index contributed by atoms with van der Waals surface area (Å²) in [7, 11) is 3.14. The molecule has 174 valence electrons. The molecule has 0 atom stereocenters. The maximum atomic E-state index is 12.7. The summed E-state index contributed by atoms with van der Waals surface area (Å²) in [6.07, 6.45) is 0. The predicted molar refractivity (Wildman–Crippen MR) is 128 cm³/mol. The molecule has 34 heavy (non-hydrogen) atoms. The second kappa shape index (κ2) is 11.4. The Balaban J connectivity index is 1.69. The van der Waals surface area contributed by atoms with Crippen molar-refractivity contribution in [3.8, 4) is 23.3 Å². The van der Waals surface area contributed by atoms with Crippen LogP contribution in [-0.4, -0.2) is 36.8 Å². The van der Waals surface area contributed by atoms with Crippen LogP contribution in [0.25, 0.3) is 0 Å². The fraction of sp³-hybridized carbons (Fsp3) is 0.160. The van der Waals surface area contributed by atoms with Crippen molar-refractivity contribution in [2.24, 2.45) is 0 Å². The lowest BCUT2D eigenvalue weighted by Crippen LogP contribution is -2.13. The van der Waals surface area contributed by atoms with Gasteiger partial charge in [0.25, 0.3) is 11.6 Å². The van der Waals surface area contributed by atoms with Gasteiger partial charge < -0.3 is 25.2 Å². The van der Waals surface area contributed by atoms with Gasteiger partial charge in [-0.05, 0) is 42.0 Å². The molecule has 0 unspecified atom stereocenters. The largest absolute Gasteiger partial charge is 0.493 e. The normalized spacial score (nSPS) is 9.97. The zero-order chi connectivity index (χ0) is 24.5. The maximum absolute atomic E-state index is 12.7. The van der Waals surface area contributed by atoms with Gasteiger partial charge >= 0.3 is 0 Å². The minimum absolute atomic E-state index is 0.0268. The molecule has 0 saturated carbocycles. The molecular formula is C25H23N3O6. The minimum Gasteiger partial charge on any atom is -0.493 e. The Morgan fingerprint density at radius 2 is 1.76 bits per heavy atom. The van der Waals surface area contributed by atoms with Gasteiger partial charge in [0.15, 0.2) is 11.5 Å².